The summed E-state index contributed by atoms with van der Waals surface area (Å²) in [5.74, 6) is 2.14. The number of nitrogens with one attached hydrogen (secondary N) is 1. The zero-order valence-electron chi connectivity index (χ0n) is 15.2. The number of imidazole rings is 1. The molecule has 0 spiro atoms. The average molecular weight is 474 g/mol. The van der Waals surface area contributed by atoms with Gasteiger partial charge in [-0.2, -0.15) is 0 Å². The van der Waals surface area contributed by atoms with Crippen molar-refractivity contribution in [2.24, 2.45) is 4.99 Å². The van der Waals surface area contributed by atoms with Crippen molar-refractivity contribution in [2.75, 3.05) is 20.6 Å². The van der Waals surface area contributed by atoms with Gasteiger partial charge in [0.2, 0.25) is 0 Å². The van der Waals surface area contributed by atoms with E-state index in [-0.39, 0.29) is 24.0 Å². The minimum Gasteiger partial charge on any atom is -0.356 e. The Morgan fingerprint density at radius 1 is 1.36 bits per heavy atom. The number of nitrogens with zero attached hydrogens (tertiary/aromatic N) is 5. The lowest BCUT2D eigenvalue weighted by molar-refractivity contribution is 0.471. The quantitative estimate of drug-likeness (QED) is 0.412. The molecule has 0 aromatic carbocycles. The van der Waals surface area contributed by atoms with Gasteiger partial charge in [0, 0.05) is 51.6 Å². The Balaban J connectivity index is 0.00000225. The minimum atomic E-state index is 0. The second kappa shape index (κ2) is 9.51. The topological polar surface area (TPSA) is 58.3 Å². The first-order valence-electron chi connectivity index (χ1n) is 8.53. The van der Waals surface area contributed by atoms with E-state index in [4.69, 9.17) is 4.98 Å². The Morgan fingerprint density at radius 3 is 2.88 bits per heavy atom. The average Bonchev–Trinajstić information content (AvgIpc) is 3.16. The lowest BCUT2D eigenvalue weighted by Gasteiger charge is -2.21. The molecular formula is C17H27IN6S. The van der Waals surface area contributed by atoms with Gasteiger partial charge in [-0.15, -0.1) is 35.3 Å². The molecule has 0 aliphatic carbocycles. The second-order valence-corrected chi connectivity index (χ2v) is 7.30. The summed E-state index contributed by atoms with van der Waals surface area (Å²) < 4.78 is 2.31. The van der Waals surface area contributed by atoms with E-state index in [2.05, 4.69) is 36.3 Å². The van der Waals surface area contributed by atoms with Crippen molar-refractivity contribution < 1.29 is 0 Å². The van der Waals surface area contributed by atoms with Gasteiger partial charge in [-0.1, -0.05) is 0 Å². The molecule has 0 amide bonds. The number of hydrogen-bond acceptors (Lipinski definition) is 4. The molecule has 0 radical (unpaired) electrons. The summed E-state index contributed by atoms with van der Waals surface area (Å²) in [7, 11) is 3.86. The van der Waals surface area contributed by atoms with Crippen molar-refractivity contribution in [1.29, 1.82) is 0 Å². The van der Waals surface area contributed by atoms with Crippen molar-refractivity contribution in [3.8, 4) is 0 Å². The fourth-order valence-electron chi connectivity index (χ4n) is 3.08. The highest BCUT2D eigenvalue weighted by Crippen LogP contribution is 2.14. The fraction of sp³-hybridized carbons (Fsp3) is 0.588. The Morgan fingerprint density at radius 2 is 2.20 bits per heavy atom. The first kappa shape index (κ1) is 20.2. The van der Waals surface area contributed by atoms with Crippen LogP contribution in [0.4, 0.5) is 0 Å². The fourth-order valence-corrected chi connectivity index (χ4v) is 3.68. The second-order valence-electron chi connectivity index (χ2n) is 6.24. The number of aliphatic imine (C=N–C) groups is 1. The van der Waals surface area contributed by atoms with Gasteiger partial charge in [0.1, 0.15) is 5.82 Å². The van der Waals surface area contributed by atoms with Gasteiger partial charge in [0.25, 0.3) is 0 Å². The van der Waals surface area contributed by atoms with Crippen LogP contribution in [-0.2, 0) is 25.9 Å². The summed E-state index contributed by atoms with van der Waals surface area (Å²) >= 11 is 1.69. The molecule has 1 aliphatic heterocycles. The number of aromatic nitrogens is 3. The molecule has 3 rings (SSSR count). The van der Waals surface area contributed by atoms with Crippen LogP contribution < -0.4 is 5.32 Å². The molecule has 6 nitrogen and oxygen atoms in total. The van der Waals surface area contributed by atoms with E-state index in [9.17, 15) is 0 Å². The van der Waals surface area contributed by atoms with E-state index in [1.807, 2.05) is 21.0 Å². The molecule has 0 saturated heterocycles. The number of halogens is 1. The molecule has 138 valence electrons. The van der Waals surface area contributed by atoms with E-state index < -0.39 is 0 Å². The van der Waals surface area contributed by atoms with Gasteiger partial charge >= 0.3 is 0 Å². The number of guanidine groups is 1. The summed E-state index contributed by atoms with van der Waals surface area (Å²) in [6.45, 7) is 4.76. The van der Waals surface area contributed by atoms with Crippen LogP contribution in [0.1, 0.15) is 35.1 Å². The molecule has 3 heterocycles. The molecule has 2 aromatic rings. The Hall–Kier alpha value is -1.16. The van der Waals surface area contributed by atoms with Crippen LogP contribution in [0.15, 0.2) is 16.6 Å². The zero-order chi connectivity index (χ0) is 16.9. The molecule has 0 saturated carbocycles. The SMILES string of the molecule is CN=C(NCCc1cn2c(n1)CCCC2)N(C)Cc1csc(C)n1.I. The first-order chi connectivity index (χ1) is 11.7. The van der Waals surface area contributed by atoms with Gasteiger partial charge in [-0.05, 0) is 19.8 Å². The van der Waals surface area contributed by atoms with Gasteiger partial charge in [-0.25, -0.2) is 9.97 Å². The zero-order valence-corrected chi connectivity index (χ0v) is 18.3. The maximum atomic E-state index is 4.75. The molecular weight excluding hydrogens is 447 g/mol. The van der Waals surface area contributed by atoms with Crippen molar-refractivity contribution in [2.45, 2.75) is 45.7 Å². The molecule has 0 fully saturated rings. The summed E-state index contributed by atoms with van der Waals surface area (Å²) in [4.78, 5) is 15.7. The number of fused-ring (bicyclic) bond motifs is 1. The Bertz CT molecular complexity index is 684. The van der Waals surface area contributed by atoms with E-state index in [1.54, 1.807) is 11.3 Å². The summed E-state index contributed by atoms with van der Waals surface area (Å²) in [5.41, 5.74) is 2.26. The van der Waals surface area contributed by atoms with Crippen LogP contribution in [0.5, 0.6) is 0 Å². The highest BCUT2D eigenvalue weighted by Gasteiger charge is 2.13. The third-order valence-corrected chi connectivity index (χ3v) is 5.08. The summed E-state index contributed by atoms with van der Waals surface area (Å²) in [6.07, 6.45) is 6.78. The molecule has 1 N–H and O–H groups in total. The maximum Gasteiger partial charge on any atom is 0.193 e. The summed E-state index contributed by atoms with van der Waals surface area (Å²) in [5, 5.41) is 6.64. The highest BCUT2D eigenvalue weighted by atomic mass is 127. The van der Waals surface area contributed by atoms with Crippen LogP contribution in [0.25, 0.3) is 0 Å². The lowest BCUT2D eigenvalue weighted by Crippen LogP contribution is -2.39. The predicted octanol–water partition coefficient (Wildman–Crippen LogP) is 2.85. The molecule has 1 aliphatic rings. The number of hydrogen-bond donors (Lipinski definition) is 1. The molecule has 0 bridgehead atoms. The smallest absolute Gasteiger partial charge is 0.193 e. The van der Waals surface area contributed by atoms with Crippen molar-refractivity contribution >= 4 is 41.3 Å². The maximum absolute atomic E-state index is 4.75. The van der Waals surface area contributed by atoms with E-state index >= 15 is 0 Å². The van der Waals surface area contributed by atoms with Crippen LogP contribution in [-0.4, -0.2) is 46.0 Å². The Labute approximate surface area is 170 Å². The molecule has 25 heavy (non-hydrogen) atoms. The normalized spacial score (nSPS) is 14.0. The summed E-state index contributed by atoms with van der Waals surface area (Å²) in [6, 6.07) is 0. The van der Waals surface area contributed by atoms with Crippen molar-refractivity contribution in [3.05, 3.63) is 33.8 Å². The van der Waals surface area contributed by atoms with Gasteiger partial charge in [0.05, 0.1) is 22.9 Å². The van der Waals surface area contributed by atoms with Crippen molar-refractivity contribution in [3.63, 3.8) is 0 Å². The third kappa shape index (κ3) is 5.40. The first-order valence-corrected chi connectivity index (χ1v) is 9.41. The van der Waals surface area contributed by atoms with E-state index in [1.165, 1.54) is 24.4 Å². The van der Waals surface area contributed by atoms with Gasteiger partial charge < -0.3 is 14.8 Å². The predicted molar refractivity (Wildman–Crippen MR) is 114 cm³/mol. The minimum absolute atomic E-state index is 0. The van der Waals surface area contributed by atoms with Crippen LogP contribution >= 0.6 is 35.3 Å². The largest absolute Gasteiger partial charge is 0.356 e. The molecule has 8 heteroatoms. The third-order valence-electron chi connectivity index (χ3n) is 4.26. The van der Waals surface area contributed by atoms with Crippen molar-refractivity contribution in [1.82, 2.24) is 24.8 Å². The van der Waals surface area contributed by atoms with Crippen LogP contribution in [0, 0.1) is 6.92 Å². The van der Waals surface area contributed by atoms with E-state index in [0.717, 1.165) is 49.1 Å². The number of rotatable bonds is 5. The Kier molecular flexibility index (Phi) is 7.67. The number of aryl methyl sites for hydroxylation is 3. The number of thiazole rings is 1. The lowest BCUT2D eigenvalue weighted by atomic mass is 10.2. The van der Waals surface area contributed by atoms with E-state index in [0.29, 0.717) is 0 Å². The monoisotopic (exact) mass is 474 g/mol. The molecule has 0 atom stereocenters. The molecule has 2 aromatic heterocycles. The highest BCUT2D eigenvalue weighted by molar-refractivity contribution is 14.0. The van der Waals surface area contributed by atoms with Gasteiger partial charge in [0.15, 0.2) is 5.96 Å². The molecule has 0 unspecified atom stereocenters. The van der Waals surface area contributed by atoms with Crippen LogP contribution in [0.3, 0.4) is 0 Å². The standard InChI is InChI=1S/C17H26N6S.HI/c1-13-20-15(12-24-13)10-22(3)17(18-2)19-8-7-14-11-23-9-5-4-6-16(23)21-14;/h11-12H,4-10H2,1-3H3,(H,18,19);1H. The van der Waals surface area contributed by atoms with Crippen LogP contribution in [0.2, 0.25) is 0 Å². The van der Waals surface area contributed by atoms with Gasteiger partial charge in [-0.3, -0.25) is 4.99 Å².